The number of hydrogen-bond acceptors (Lipinski definition) is 6. The number of nitrogens with two attached hydrogens (primary N) is 1. The molecule has 0 bridgehead atoms. The summed E-state index contributed by atoms with van der Waals surface area (Å²) in [5.41, 5.74) is 5.83. The van der Waals surface area contributed by atoms with E-state index in [0.29, 0.717) is 0 Å². The van der Waals surface area contributed by atoms with Gasteiger partial charge in [-0.3, -0.25) is 10.1 Å². The molecule has 0 spiro atoms. The van der Waals surface area contributed by atoms with E-state index in [4.69, 9.17) is 5.73 Å². The first-order valence-electron chi connectivity index (χ1n) is 6.80. The molecule has 2 rings (SSSR count). The van der Waals surface area contributed by atoms with E-state index in [1.54, 1.807) is 0 Å². The Bertz CT molecular complexity index is 645. The zero-order valence-corrected chi connectivity index (χ0v) is 12.6. The molecule has 1 aliphatic carbocycles. The van der Waals surface area contributed by atoms with Crippen molar-refractivity contribution in [2.45, 2.75) is 42.7 Å². The predicted octanol–water partition coefficient (Wildman–Crippen LogP) is 1.68. The fourth-order valence-electron chi connectivity index (χ4n) is 2.66. The van der Waals surface area contributed by atoms with Crippen molar-refractivity contribution >= 4 is 21.2 Å². The van der Waals surface area contributed by atoms with E-state index in [1.165, 1.54) is 18.2 Å². The quantitative estimate of drug-likeness (QED) is 0.645. The Balaban J connectivity index is 2.41. The van der Waals surface area contributed by atoms with Crippen LogP contribution in [-0.4, -0.2) is 31.7 Å². The monoisotopic (exact) mass is 313 g/mol. The van der Waals surface area contributed by atoms with Crippen molar-refractivity contribution in [1.82, 2.24) is 0 Å². The Hall–Kier alpha value is -1.67. The van der Waals surface area contributed by atoms with Crippen LogP contribution < -0.4 is 11.1 Å². The van der Waals surface area contributed by atoms with E-state index >= 15 is 0 Å². The summed E-state index contributed by atoms with van der Waals surface area (Å²) in [6, 6.07) is 4.11. The Labute approximate surface area is 123 Å². The van der Waals surface area contributed by atoms with Crippen molar-refractivity contribution in [2.75, 3.05) is 11.6 Å². The van der Waals surface area contributed by atoms with Crippen LogP contribution in [0.25, 0.3) is 0 Å². The van der Waals surface area contributed by atoms with Gasteiger partial charge in [0.15, 0.2) is 9.84 Å². The summed E-state index contributed by atoms with van der Waals surface area (Å²) in [7, 11) is -3.67. The summed E-state index contributed by atoms with van der Waals surface area (Å²) in [5, 5.41) is 14.3. The maximum Gasteiger partial charge on any atom is 0.310 e. The molecule has 0 saturated heterocycles. The second-order valence-corrected chi connectivity index (χ2v) is 7.36. The molecule has 1 aromatic carbocycles. The lowest BCUT2D eigenvalue weighted by Crippen LogP contribution is -2.42. The molecule has 1 aliphatic rings. The number of hydrogen-bond donors (Lipinski definition) is 2. The summed E-state index contributed by atoms with van der Waals surface area (Å²) < 4.78 is 23.4. The number of sulfone groups is 1. The van der Waals surface area contributed by atoms with Crippen LogP contribution in [-0.2, 0) is 9.84 Å². The smallest absolute Gasteiger partial charge is 0.310 e. The van der Waals surface area contributed by atoms with Gasteiger partial charge in [-0.05, 0) is 25.0 Å². The second-order valence-electron chi connectivity index (χ2n) is 5.38. The summed E-state index contributed by atoms with van der Waals surface area (Å²) in [6.07, 6.45) is 4.69. The molecule has 0 radical (unpaired) electrons. The van der Waals surface area contributed by atoms with Crippen LogP contribution in [0.5, 0.6) is 0 Å². The molecule has 8 heteroatoms. The molecule has 2 unspecified atom stereocenters. The number of anilines is 1. The van der Waals surface area contributed by atoms with Crippen LogP contribution >= 0.6 is 0 Å². The van der Waals surface area contributed by atoms with Crippen LogP contribution in [0.4, 0.5) is 11.4 Å². The normalized spacial score (nSPS) is 22.8. The Kier molecular flexibility index (Phi) is 4.48. The van der Waals surface area contributed by atoms with Gasteiger partial charge in [0.1, 0.15) is 10.6 Å². The number of benzene rings is 1. The van der Waals surface area contributed by atoms with Gasteiger partial charge in [-0.15, -0.1) is 0 Å². The van der Waals surface area contributed by atoms with Crippen LogP contribution in [0, 0.1) is 10.1 Å². The largest absolute Gasteiger partial charge is 0.375 e. The zero-order valence-electron chi connectivity index (χ0n) is 11.8. The molecule has 1 fully saturated rings. The molecule has 116 valence electrons. The summed E-state index contributed by atoms with van der Waals surface area (Å²) >= 11 is 0. The van der Waals surface area contributed by atoms with Crippen LogP contribution in [0.15, 0.2) is 23.1 Å². The summed E-state index contributed by atoms with van der Waals surface area (Å²) in [6.45, 7) is 0. The number of para-hydroxylation sites is 1. The fraction of sp³-hybridized carbons (Fsp3) is 0.538. The predicted molar refractivity (Wildman–Crippen MR) is 80.1 cm³/mol. The highest BCUT2D eigenvalue weighted by Crippen LogP contribution is 2.33. The van der Waals surface area contributed by atoms with Gasteiger partial charge in [-0.25, -0.2) is 8.42 Å². The van der Waals surface area contributed by atoms with Gasteiger partial charge in [0.05, 0.1) is 4.92 Å². The molecule has 0 aromatic heterocycles. The first-order chi connectivity index (χ1) is 9.80. The van der Waals surface area contributed by atoms with E-state index in [-0.39, 0.29) is 22.7 Å². The topological polar surface area (TPSA) is 115 Å². The van der Waals surface area contributed by atoms with Gasteiger partial charge in [0, 0.05) is 18.3 Å². The Morgan fingerprint density at radius 1 is 1.33 bits per heavy atom. The minimum Gasteiger partial charge on any atom is -0.375 e. The van der Waals surface area contributed by atoms with Gasteiger partial charge in [0.2, 0.25) is 0 Å². The Morgan fingerprint density at radius 3 is 2.57 bits per heavy atom. The first kappa shape index (κ1) is 15.7. The van der Waals surface area contributed by atoms with Crippen LogP contribution in [0.3, 0.4) is 0 Å². The van der Waals surface area contributed by atoms with Crippen molar-refractivity contribution in [3.63, 3.8) is 0 Å². The van der Waals surface area contributed by atoms with Crippen molar-refractivity contribution < 1.29 is 13.3 Å². The molecule has 1 saturated carbocycles. The maximum absolute atomic E-state index is 11.7. The van der Waals surface area contributed by atoms with E-state index in [1.807, 2.05) is 0 Å². The minimum atomic E-state index is -3.67. The molecule has 0 amide bonds. The lowest BCUT2D eigenvalue weighted by molar-refractivity contribution is -0.386. The van der Waals surface area contributed by atoms with Crippen molar-refractivity contribution in [1.29, 1.82) is 0 Å². The average Bonchev–Trinajstić information content (AvgIpc) is 2.40. The average molecular weight is 313 g/mol. The van der Waals surface area contributed by atoms with E-state index < -0.39 is 20.4 Å². The fourth-order valence-corrected chi connectivity index (χ4v) is 3.53. The maximum atomic E-state index is 11.7. The third-order valence-electron chi connectivity index (χ3n) is 3.74. The number of nitrogens with one attached hydrogen (secondary N) is 1. The second kappa shape index (κ2) is 5.98. The highest BCUT2D eigenvalue weighted by atomic mass is 32.2. The lowest BCUT2D eigenvalue weighted by atomic mass is 9.91. The van der Waals surface area contributed by atoms with Gasteiger partial charge < -0.3 is 11.1 Å². The third-order valence-corrected chi connectivity index (χ3v) is 4.87. The van der Waals surface area contributed by atoms with Crippen molar-refractivity contribution in [3.05, 3.63) is 28.3 Å². The molecule has 3 N–H and O–H groups in total. The highest BCUT2D eigenvalue weighted by molar-refractivity contribution is 7.90. The van der Waals surface area contributed by atoms with Gasteiger partial charge in [-0.1, -0.05) is 18.9 Å². The molecular formula is C13H19N3O4S. The number of nitro benzene ring substituents is 1. The van der Waals surface area contributed by atoms with Gasteiger partial charge in [-0.2, -0.15) is 0 Å². The molecule has 2 atom stereocenters. The molecule has 0 aliphatic heterocycles. The highest BCUT2D eigenvalue weighted by Gasteiger charge is 2.29. The number of nitrogens with zero attached hydrogens (tertiary/aromatic N) is 1. The SMILES string of the molecule is CS(=O)(=O)c1cccc(NC2CCCCC2N)c1[N+](=O)[O-]. The molecular weight excluding hydrogens is 294 g/mol. The van der Waals surface area contributed by atoms with Gasteiger partial charge in [0.25, 0.3) is 0 Å². The lowest BCUT2D eigenvalue weighted by Gasteiger charge is -2.30. The zero-order chi connectivity index (χ0) is 15.6. The standard InChI is InChI=1S/C13H19N3O4S/c1-21(19,20)12-8-4-7-11(13(12)16(17)18)15-10-6-3-2-5-9(10)14/h4,7-10,15H,2-3,5-6,14H2,1H3. The molecule has 0 heterocycles. The van der Waals surface area contributed by atoms with Crippen LogP contribution in [0.1, 0.15) is 25.7 Å². The minimum absolute atomic E-state index is 0.0766. The third kappa shape index (κ3) is 3.51. The molecule has 7 nitrogen and oxygen atoms in total. The van der Waals surface area contributed by atoms with E-state index in [0.717, 1.165) is 31.9 Å². The van der Waals surface area contributed by atoms with Crippen molar-refractivity contribution in [3.8, 4) is 0 Å². The Morgan fingerprint density at radius 2 is 2.00 bits per heavy atom. The summed E-state index contributed by atoms with van der Waals surface area (Å²) in [5.74, 6) is 0. The molecule has 1 aromatic rings. The van der Waals surface area contributed by atoms with Crippen molar-refractivity contribution in [2.24, 2.45) is 5.73 Å². The van der Waals surface area contributed by atoms with E-state index in [9.17, 15) is 18.5 Å². The van der Waals surface area contributed by atoms with Crippen LogP contribution in [0.2, 0.25) is 0 Å². The number of nitro groups is 1. The van der Waals surface area contributed by atoms with Gasteiger partial charge >= 0.3 is 5.69 Å². The summed E-state index contributed by atoms with van der Waals surface area (Å²) in [4.78, 5) is 10.3. The molecule has 21 heavy (non-hydrogen) atoms. The van der Waals surface area contributed by atoms with E-state index in [2.05, 4.69) is 5.32 Å². The number of rotatable bonds is 4. The first-order valence-corrected chi connectivity index (χ1v) is 8.69.